The molecule has 0 radical (unpaired) electrons. The quantitative estimate of drug-likeness (QED) is 0.278. The van der Waals surface area contributed by atoms with E-state index >= 15 is 0 Å². The molecule has 7 atom stereocenters. The van der Waals surface area contributed by atoms with E-state index in [-0.39, 0.29) is 24.0 Å². The first-order valence-electron chi connectivity index (χ1n) is 13.0. The number of carbonyl (C=O) groups excluding carboxylic acids is 4. The number of nitrogens with one attached hydrogen (secondary N) is 1. The molecule has 3 aliphatic rings. The second-order valence-corrected chi connectivity index (χ2v) is 10.6. The van der Waals surface area contributed by atoms with Gasteiger partial charge in [-0.05, 0) is 30.6 Å². The minimum Gasteiger partial charge on any atom is -0.463 e. The molecule has 0 amide bonds. The Hall–Kier alpha value is -3.52. The number of piperidine rings is 1. The second kappa shape index (κ2) is 12.3. The minimum atomic E-state index is -1.29. The third kappa shape index (κ3) is 6.78. The zero-order valence-electron chi connectivity index (χ0n) is 22.7. The Labute approximate surface area is 236 Å². The van der Waals surface area contributed by atoms with Crippen LogP contribution in [0, 0.1) is 5.92 Å². The van der Waals surface area contributed by atoms with Crippen LogP contribution >= 0.6 is 12.2 Å². The highest BCUT2D eigenvalue weighted by atomic mass is 32.1. The Morgan fingerprint density at radius 1 is 0.925 bits per heavy atom. The van der Waals surface area contributed by atoms with Gasteiger partial charge in [0.1, 0.15) is 12.7 Å². The Balaban J connectivity index is 1.59. The average molecular weight is 580 g/mol. The zero-order valence-corrected chi connectivity index (χ0v) is 23.5. The molecule has 3 aliphatic heterocycles. The van der Waals surface area contributed by atoms with Crippen LogP contribution < -0.4 is 10.9 Å². The van der Waals surface area contributed by atoms with Gasteiger partial charge in [-0.15, -0.1) is 0 Å². The van der Waals surface area contributed by atoms with Crippen LogP contribution in [0.1, 0.15) is 45.7 Å². The largest absolute Gasteiger partial charge is 0.463 e. The van der Waals surface area contributed by atoms with Gasteiger partial charge in [-0.1, -0.05) is 6.07 Å². The van der Waals surface area contributed by atoms with E-state index in [0.717, 1.165) is 26.0 Å². The number of ether oxygens (including phenoxy) is 5. The number of hydrogen-bond acceptors (Lipinski definition) is 11. The number of carbonyl (C=O) groups is 4. The lowest BCUT2D eigenvalue weighted by molar-refractivity contribution is -0.255. The number of pyridine rings is 1. The van der Waals surface area contributed by atoms with E-state index in [1.54, 1.807) is 12.1 Å². The smallest absolute Gasteiger partial charge is 0.303 e. The lowest BCUT2D eigenvalue weighted by Gasteiger charge is -2.47. The molecule has 0 saturated carbocycles. The fourth-order valence-corrected chi connectivity index (χ4v) is 5.89. The molecule has 0 unspecified atom stereocenters. The molecule has 1 aromatic rings. The molecular formula is C26H33N3O10S. The summed E-state index contributed by atoms with van der Waals surface area (Å²) in [5, 5.41) is 3.37. The molecular weight excluding hydrogens is 546 g/mol. The first-order valence-corrected chi connectivity index (χ1v) is 13.4. The summed E-state index contributed by atoms with van der Waals surface area (Å²) in [4.78, 5) is 62.0. The van der Waals surface area contributed by atoms with Gasteiger partial charge >= 0.3 is 23.9 Å². The number of rotatable bonds is 6. The van der Waals surface area contributed by atoms with E-state index in [4.69, 9.17) is 35.9 Å². The van der Waals surface area contributed by atoms with Crippen molar-refractivity contribution in [3.8, 4) is 0 Å². The van der Waals surface area contributed by atoms with Crippen molar-refractivity contribution in [1.82, 2.24) is 14.8 Å². The van der Waals surface area contributed by atoms with Crippen molar-refractivity contribution in [2.75, 3.05) is 19.7 Å². The summed E-state index contributed by atoms with van der Waals surface area (Å²) >= 11 is 5.74. The van der Waals surface area contributed by atoms with Crippen molar-refractivity contribution < 1.29 is 42.9 Å². The number of thiocarbonyl (C=S) groups is 1. The molecule has 1 aromatic heterocycles. The van der Waals surface area contributed by atoms with E-state index in [9.17, 15) is 24.0 Å². The Bertz CT molecular complexity index is 1240. The summed E-state index contributed by atoms with van der Waals surface area (Å²) in [6.07, 6.45) is -5.11. The Kier molecular flexibility index (Phi) is 9.08. The highest BCUT2D eigenvalue weighted by Gasteiger charge is 2.52. The van der Waals surface area contributed by atoms with Gasteiger partial charge in [-0.3, -0.25) is 24.0 Å². The normalized spacial score (nSPS) is 28.9. The number of esters is 4. The molecule has 2 saturated heterocycles. The molecule has 4 heterocycles. The molecule has 0 aliphatic carbocycles. The van der Waals surface area contributed by atoms with E-state index in [2.05, 4.69) is 5.32 Å². The summed E-state index contributed by atoms with van der Waals surface area (Å²) in [5.41, 5.74) is 0.919. The number of aromatic nitrogens is 1. The maximum atomic E-state index is 12.4. The van der Waals surface area contributed by atoms with Gasteiger partial charge in [-0.2, -0.15) is 0 Å². The molecule has 2 fully saturated rings. The van der Waals surface area contributed by atoms with E-state index < -0.39 is 54.5 Å². The molecule has 0 spiro atoms. The van der Waals surface area contributed by atoms with Crippen LogP contribution in [0.2, 0.25) is 0 Å². The maximum Gasteiger partial charge on any atom is 0.303 e. The molecule has 1 N–H and O–H groups in total. The van der Waals surface area contributed by atoms with Crippen molar-refractivity contribution in [3.05, 3.63) is 34.2 Å². The van der Waals surface area contributed by atoms with Crippen LogP contribution in [-0.2, 0) is 49.4 Å². The van der Waals surface area contributed by atoms with Gasteiger partial charge in [0.15, 0.2) is 29.7 Å². The predicted molar refractivity (Wildman–Crippen MR) is 141 cm³/mol. The zero-order chi connectivity index (χ0) is 29.1. The monoisotopic (exact) mass is 579 g/mol. The molecule has 2 bridgehead atoms. The van der Waals surface area contributed by atoms with E-state index in [1.807, 2.05) is 15.5 Å². The summed E-state index contributed by atoms with van der Waals surface area (Å²) < 4.78 is 29.4. The van der Waals surface area contributed by atoms with Crippen LogP contribution in [-0.4, -0.2) is 88.8 Å². The molecule has 218 valence electrons. The van der Waals surface area contributed by atoms with Crippen LogP contribution in [0.4, 0.5) is 0 Å². The summed E-state index contributed by atoms with van der Waals surface area (Å²) in [6, 6.07) is 5.25. The number of fused-ring (bicyclic) bond motifs is 4. The third-order valence-corrected chi connectivity index (χ3v) is 7.40. The van der Waals surface area contributed by atoms with Crippen molar-refractivity contribution in [1.29, 1.82) is 0 Å². The summed E-state index contributed by atoms with van der Waals surface area (Å²) in [6.45, 7) is 6.07. The van der Waals surface area contributed by atoms with Gasteiger partial charge in [0.25, 0.3) is 5.56 Å². The minimum absolute atomic E-state index is 0.0288. The fraction of sp³-hybridized carbons (Fsp3) is 0.615. The van der Waals surface area contributed by atoms with Crippen LogP contribution in [0.5, 0.6) is 0 Å². The van der Waals surface area contributed by atoms with Gasteiger partial charge < -0.3 is 38.5 Å². The van der Waals surface area contributed by atoms with Gasteiger partial charge in [0.05, 0.1) is 0 Å². The Morgan fingerprint density at radius 3 is 2.23 bits per heavy atom. The molecule has 14 heteroatoms. The standard InChI is InChI=1S/C26H33N3O10S/c1-13(30)35-12-20-22(36-14(2)31)23(37-15(3)32)24(38-16(4)33)25(39-20)27-26(40)28-9-17-8-18(11-28)19-6-5-7-21(34)29(19)10-17/h5-7,17-18,20,22-25H,8-12H2,1-4H3,(H,27,40)/t17-,18-,20-,22+,23-,24-,25+/m0/s1. The SMILES string of the molecule is CC(=O)OC[C@@H]1O[C@@H](NC(=S)N2C[C@@H]3C[C@@H](C2)c2cccc(=O)n2C3)[C@@H](OC(C)=O)[C@@H](OC(C)=O)[C@@H]1OC(C)=O. The van der Waals surface area contributed by atoms with Crippen molar-refractivity contribution >= 4 is 41.2 Å². The van der Waals surface area contributed by atoms with Crippen molar-refractivity contribution in [2.45, 2.75) is 77.2 Å². The molecule has 40 heavy (non-hydrogen) atoms. The maximum absolute atomic E-state index is 12.4. The van der Waals surface area contributed by atoms with Crippen molar-refractivity contribution in [2.24, 2.45) is 5.92 Å². The lowest BCUT2D eigenvalue weighted by Crippen LogP contribution is -2.67. The second-order valence-electron chi connectivity index (χ2n) is 10.2. The fourth-order valence-electron chi connectivity index (χ4n) is 5.62. The van der Waals surface area contributed by atoms with Gasteiger partial charge in [0, 0.05) is 65.0 Å². The topological polar surface area (TPSA) is 152 Å². The number of nitrogens with zero attached hydrogens (tertiary/aromatic N) is 2. The predicted octanol–water partition coefficient (Wildman–Crippen LogP) is 0.225. The van der Waals surface area contributed by atoms with Crippen LogP contribution in [0.3, 0.4) is 0 Å². The molecule has 13 nitrogen and oxygen atoms in total. The van der Waals surface area contributed by atoms with Crippen LogP contribution in [0.25, 0.3) is 0 Å². The van der Waals surface area contributed by atoms with E-state index in [0.29, 0.717) is 24.7 Å². The summed E-state index contributed by atoms with van der Waals surface area (Å²) in [7, 11) is 0. The van der Waals surface area contributed by atoms with Crippen molar-refractivity contribution in [3.63, 3.8) is 0 Å². The lowest BCUT2D eigenvalue weighted by atomic mass is 9.83. The number of likely N-dealkylation sites (tertiary alicyclic amines) is 1. The Morgan fingerprint density at radius 2 is 1.57 bits per heavy atom. The molecule has 4 rings (SSSR count). The van der Waals surface area contributed by atoms with Gasteiger partial charge in [-0.25, -0.2) is 0 Å². The average Bonchev–Trinajstić information content (AvgIpc) is 2.86. The highest BCUT2D eigenvalue weighted by Crippen LogP contribution is 2.35. The number of hydrogen-bond donors (Lipinski definition) is 1. The summed E-state index contributed by atoms with van der Waals surface area (Å²) in [5.74, 6) is -2.46. The van der Waals surface area contributed by atoms with Crippen LogP contribution in [0.15, 0.2) is 23.0 Å². The molecule has 0 aromatic carbocycles. The first kappa shape index (κ1) is 29.5. The van der Waals surface area contributed by atoms with E-state index in [1.165, 1.54) is 13.8 Å². The first-order chi connectivity index (χ1) is 18.9. The van der Waals surface area contributed by atoms with Gasteiger partial charge in [0.2, 0.25) is 0 Å². The third-order valence-electron chi connectivity index (χ3n) is 7.02. The highest BCUT2D eigenvalue weighted by molar-refractivity contribution is 7.80.